The van der Waals surface area contributed by atoms with Crippen molar-refractivity contribution < 1.29 is 4.79 Å². The van der Waals surface area contributed by atoms with E-state index in [-0.39, 0.29) is 11.9 Å². The monoisotopic (exact) mass is 195 g/mol. The third kappa shape index (κ3) is 3.75. The first kappa shape index (κ1) is 11.0. The predicted octanol–water partition coefficient (Wildman–Crippen LogP) is 0.501. The van der Waals surface area contributed by atoms with Crippen LogP contribution in [0.3, 0.4) is 0 Å². The van der Waals surface area contributed by atoms with Crippen molar-refractivity contribution >= 4 is 5.91 Å². The fourth-order valence-corrected chi connectivity index (χ4v) is 1.75. The molecule has 1 aliphatic rings. The first-order valence-electron chi connectivity index (χ1n) is 5.07. The second-order valence-electron chi connectivity index (χ2n) is 3.83. The number of likely N-dealkylation sites (N-methyl/N-ethyl adjacent to an activating group) is 1. The van der Waals surface area contributed by atoms with E-state index in [9.17, 15) is 4.79 Å². The van der Waals surface area contributed by atoms with Crippen molar-refractivity contribution in [2.45, 2.75) is 31.7 Å². The van der Waals surface area contributed by atoms with Crippen molar-refractivity contribution in [1.82, 2.24) is 10.2 Å². The van der Waals surface area contributed by atoms with E-state index in [4.69, 9.17) is 5.26 Å². The zero-order chi connectivity index (χ0) is 10.4. The highest BCUT2D eigenvalue weighted by molar-refractivity contribution is 5.76. The highest BCUT2D eigenvalue weighted by atomic mass is 16.1. The van der Waals surface area contributed by atoms with Gasteiger partial charge in [-0.3, -0.25) is 4.79 Å². The number of nitriles is 1. The Morgan fingerprint density at radius 2 is 2.50 bits per heavy atom. The maximum Gasteiger partial charge on any atom is 0.221 e. The molecule has 1 heterocycles. The number of nitrogens with one attached hydrogen (secondary N) is 1. The summed E-state index contributed by atoms with van der Waals surface area (Å²) < 4.78 is 0. The first-order valence-corrected chi connectivity index (χ1v) is 5.07. The van der Waals surface area contributed by atoms with Gasteiger partial charge in [0.05, 0.1) is 6.07 Å². The van der Waals surface area contributed by atoms with Crippen molar-refractivity contribution in [2.24, 2.45) is 0 Å². The van der Waals surface area contributed by atoms with E-state index in [2.05, 4.69) is 17.3 Å². The van der Waals surface area contributed by atoms with Crippen LogP contribution in [0.25, 0.3) is 0 Å². The van der Waals surface area contributed by atoms with Crippen LogP contribution in [0.1, 0.15) is 25.7 Å². The van der Waals surface area contributed by atoms with E-state index in [0.717, 1.165) is 25.9 Å². The van der Waals surface area contributed by atoms with Crippen LogP contribution >= 0.6 is 0 Å². The molecule has 1 unspecified atom stereocenters. The van der Waals surface area contributed by atoms with E-state index in [1.807, 2.05) is 6.07 Å². The molecule has 0 radical (unpaired) electrons. The Kier molecular flexibility index (Phi) is 4.41. The van der Waals surface area contributed by atoms with Gasteiger partial charge >= 0.3 is 0 Å². The van der Waals surface area contributed by atoms with Gasteiger partial charge in [0.25, 0.3) is 0 Å². The lowest BCUT2D eigenvalue weighted by atomic mass is 10.1. The number of hydrogen-bond donors (Lipinski definition) is 1. The molecule has 1 amide bonds. The molecule has 0 aromatic carbocycles. The predicted molar refractivity (Wildman–Crippen MR) is 53.5 cm³/mol. The van der Waals surface area contributed by atoms with Gasteiger partial charge in [-0.1, -0.05) is 0 Å². The minimum absolute atomic E-state index is 0.00634. The van der Waals surface area contributed by atoms with Crippen LogP contribution in [0, 0.1) is 11.3 Å². The number of amides is 1. The Morgan fingerprint density at radius 3 is 3.14 bits per heavy atom. The summed E-state index contributed by atoms with van der Waals surface area (Å²) in [5, 5.41) is 11.3. The molecule has 1 rings (SSSR count). The number of likely N-dealkylation sites (tertiary alicyclic amines) is 1. The Balaban J connectivity index is 2.22. The van der Waals surface area contributed by atoms with Gasteiger partial charge in [-0.15, -0.1) is 0 Å². The largest absolute Gasteiger partial charge is 0.352 e. The third-order valence-corrected chi connectivity index (χ3v) is 2.45. The number of carbonyl (C=O) groups excluding carboxylic acids is 1. The Morgan fingerprint density at radius 1 is 1.71 bits per heavy atom. The maximum absolute atomic E-state index is 11.3. The van der Waals surface area contributed by atoms with Gasteiger partial charge in [0.1, 0.15) is 0 Å². The minimum atomic E-state index is 0.00634. The van der Waals surface area contributed by atoms with Gasteiger partial charge in [-0.05, 0) is 26.4 Å². The lowest BCUT2D eigenvalue weighted by Gasteiger charge is -2.30. The molecule has 0 spiro atoms. The zero-order valence-electron chi connectivity index (χ0n) is 8.62. The number of carbonyl (C=O) groups is 1. The Hall–Kier alpha value is -1.08. The maximum atomic E-state index is 11.3. The molecule has 0 aromatic heterocycles. The summed E-state index contributed by atoms with van der Waals surface area (Å²) in [7, 11) is 2.06. The molecule has 78 valence electrons. The molecule has 1 aliphatic heterocycles. The minimum Gasteiger partial charge on any atom is -0.352 e. The van der Waals surface area contributed by atoms with E-state index in [0.29, 0.717) is 12.8 Å². The van der Waals surface area contributed by atoms with Gasteiger partial charge in [0, 0.05) is 25.4 Å². The molecule has 0 aliphatic carbocycles. The average molecular weight is 195 g/mol. The topological polar surface area (TPSA) is 56.1 Å². The molecule has 1 fully saturated rings. The van der Waals surface area contributed by atoms with Crippen LogP contribution in [0.2, 0.25) is 0 Å². The van der Waals surface area contributed by atoms with E-state index in [1.54, 1.807) is 0 Å². The second kappa shape index (κ2) is 5.61. The Bertz CT molecular complexity index is 234. The number of rotatable bonds is 3. The highest BCUT2D eigenvalue weighted by Gasteiger charge is 2.18. The zero-order valence-corrected chi connectivity index (χ0v) is 8.62. The molecular formula is C10H17N3O. The number of nitrogens with zero attached hydrogens (tertiary/aromatic N) is 2. The summed E-state index contributed by atoms with van der Waals surface area (Å²) in [5.41, 5.74) is 0. The highest BCUT2D eigenvalue weighted by Crippen LogP contribution is 2.07. The van der Waals surface area contributed by atoms with Crippen molar-refractivity contribution in [3.63, 3.8) is 0 Å². The summed E-state index contributed by atoms with van der Waals surface area (Å²) in [6.45, 7) is 2.04. The second-order valence-corrected chi connectivity index (χ2v) is 3.83. The third-order valence-electron chi connectivity index (χ3n) is 2.45. The summed E-state index contributed by atoms with van der Waals surface area (Å²) in [5.74, 6) is 0.00634. The number of piperidine rings is 1. The van der Waals surface area contributed by atoms with Crippen molar-refractivity contribution in [3.05, 3.63) is 0 Å². The van der Waals surface area contributed by atoms with Crippen LogP contribution < -0.4 is 5.32 Å². The molecule has 0 aromatic rings. The summed E-state index contributed by atoms with van der Waals surface area (Å²) in [6.07, 6.45) is 2.84. The SMILES string of the molecule is CN1CCCC(NC(=O)CCC#N)C1. The fraction of sp³-hybridized carbons (Fsp3) is 0.800. The Labute approximate surface area is 84.9 Å². The van der Waals surface area contributed by atoms with Gasteiger partial charge in [-0.25, -0.2) is 0 Å². The van der Waals surface area contributed by atoms with Gasteiger partial charge in [-0.2, -0.15) is 5.26 Å². The lowest BCUT2D eigenvalue weighted by molar-refractivity contribution is -0.122. The van der Waals surface area contributed by atoms with Crippen molar-refractivity contribution in [1.29, 1.82) is 5.26 Å². The van der Waals surface area contributed by atoms with Crippen LogP contribution in [-0.2, 0) is 4.79 Å². The molecule has 0 saturated carbocycles. The van der Waals surface area contributed by atoms with Crippen LogP contribution in [0.5, 0.6) is 0 Å². The smallest absolute Gasteiger partial charge is 0.221 e. The number of hydrogen-bond acceptors (Lipinski definition) is 3. The normalized spacial score (nSPS) is 22.7. The van der Waals surface area contributed by atoms with Crippen LogP contribution in [0.15, 0.2) is 0 Å². The average Bonchev–Trinajstić information content (AvgIpc) is 2.15. The summed E-state index contributed by atoms with van der Waals surface area (Å²) in [4.78, 5) is 13.5. The summed E-state index contributed by atoms with van der Waals surface area (Å²) in [6, 6.07) is 2.25. The molecule has 1 N–H and O–H groups in total. The molecule has 1 saturated heterocycles. The van der Waals surface area contributed by atoms with Gasteiger partial charge < -0.3 is 10.2 Å². The lowest BCUT2D eigenvalue weighted by Crippen LogP contribution is -2.46. The van der Waals surface area contributed by atoms with Crippen LogP contribution in [0.4, 0.5) is 0 Å². The van der Waals surface area contributed by atoms with Gasteiger partial charge in [0.15, 0.2) is 0 Å². The first-order chi connectivity index (χ1) is 6.72. The van der Waals surface area contributed by atoms with E-state index < -0.39 is 0 Å². The van der Waals surface area contributed by atoms with E-state index >= 15 is 0 Å². The molecule has 1 atom stereocenters. The standard InChI is InChI=1S/C10H17N3O/c1-13-7-3-4-9(8-13)12-10(14)5-2-6-11/h9H,2-5,7-8H2,1H3,(H,12,14). The molecule has 4 nitrogen and oxygen atoms in total. The molecule has 0 bridgehead atoms. The summed E-state index contributed by atoms with van der Waals surface area (Å²) >= 11 is 0. The fourth-order valence-electron chi connectivity index (χ4n) is 1.75. The van der Waals surface area contributed by atoms with Crippen molar-refractivity contribution in [2.75, 3.05) is 20.1 Å². The molecule has 4 heteroatoms. The molecular weight excluding hydrogens is 178 g/mol. The quantitative estimate of drug-likeness (QED) is 0.713. The van der Waals surface area contributed by atoms with Crippen LogP contribution in [-0.4, -0.2) is 37.0 Å². The van der Waals surface area contributed by atoms with Gasteiger partial charge in [0.2, 0.25) is 5.91 Å². The molecule has 14 heavy (non-hydrogen) atoms. The van der Waals surface area contributed by atoms with E-state index in [1.165, 1.54) is 0 Å². The van der Waals surface area contributed by atoms with Crippen molar-refractivity contribution in [3.8, 4) is 6.07 Å².